The van der Waals surface area contributed by atoms with Crippen LogP contribution in [-0.4, -0.2) is 33.6 Å². The van der Waals surface area contributed by atoms with Gasteiger partial charge in [-0.05, 0) is 60.0 Å². The van der Waals surface area contributed by atoms with Gasteiger partial charge in [0.05, 0.1) is 7.11 Å². The first kappa shape index (κ1) is 18.2. The summed E-state index contributed by atoms with van der Waals surface area (Å²) < 4.78 is 20.4. The number of fused-ring (bicyclic) bond motifs is 1. The highest BCUT2D eigenvalue weighted by atomic mass is 19.1. The second-order valence-electron chi connectivity index (χ2n) is 6.55. The number of hydrogen-bond acceptors (Lipinski definition) is 5. The predicted molar refractivity (Wildman–Crippen MR) is 105 cm³/mol. The van der Waals surface area contributed by atoms with Gasteiger partial charge < -0.3 is 15.2 Å². The van der Waals surface area contributed by atoms with E-state index in [0.717, 1.165) is 22.6 Å². The highest BCUT2D eigenvalue weighted by molar-refractivity contribution is 5.77. The number of benzene rings is 2. The molecular formula is C21H21FN4O2. The summed E-state index contributed by atoms with van der Waals surface area (Å²) in [5.41, 5.74) is 2.74. The van der Waals surface area contributed by atoms with Gasteiger partial charge in [-0.3, -0.25) is 0 Å². The van der Waals surface area contributed by atoms with Crippen LogP contribution < -0.4 is 10.1 Å². The lowest BCUT2D eigenvalue weighted by molar-refractivity contribution is 0.287. The largest absolute Gasteiger partial charge is 0.497 e. The summed E-state index contributed by atoms with van der Waals surface area (Å²) in [7, 11) is 1.63. The standard InChI is InChI=1S/C21H21FN4O2/c1-28-17-10-6-15(7-11-17)19-13-18(14-4-8-16(22)9-5-14)23-21-24-20(3-2-12-27)25-26(19)21/h4-11,13,19,27H,2-3,12H2,1H3,(H,23,24,25). The maximum atomic E-state index is 13.3. The fourth-order valence-electron chi connectivity index (χ4n) is 3.22. The van der Waals surface area contributed by atoms with E-state index in [1.165, 1.54) is 12.1 Å². The highest BCUT2D eigenvalue weighted by Gasteiger charge is 2.25. The van der Waals surface area contributed by atoms with Gasteiger partial charge in [0.1, 0.15) is 17.6 Å². The van der Waals surface area contributed by atoms with Crippen LogP contribution in [0.1, 0.15) is 29.4 Å². The molecule has 7 heteroatoms. The van der Waals surface area contributed by atoms with E-state index in [-0.39, 0.29) is 18.5 Å². The topological polar surface area (TPSA) is 72.2 Å². The van der Waals surface area contributed by atoms with Crippen LogP contribution >= 0.6 is 0 Å². The minimum atomic E-state index is -0.277. The number of aliphatic hydroxyl groups excluding tert-OH is 1. The molecule has 1 unspecified atom stereocenters. The van der Waals surface area contributed by atoms with Crippen molar-refractivity contribution in [3.8, 4) is 5.75 Å². The van der Waals surface area contributed by atoms with Gasteiger partial charge in [0, 0.05) is 18.7 Å². The van der Waals surface area contributed by atoms with E-state index >= 15 is 0 Å². The van der Waals surface area contributed by atoms with Crippen LogP contribution in [0.15, 0.2) is 54.6 Å². The van der Waals surface area contributed by atoms with Gasteiger partial charge in [0.2, 0.25) is 5.95 Å². The predicted octanol–water partition coefficient (Wildman–Crippen LogP) is 3.41. The van der Waals surface area contributed by atoms with E-state index < -0.39 is 0 Å². The summed E-state index contributed by atoms with van der Waals surface area (Å²) in [5.74, 6) is 1.79. The Bertz CT molecular complexity index is 981. The first-order chi connectivity index (χ1) is 13.7. The molecule has 1 aromatic heterocycles. The van der Waals surface area contributed by atoms with Crippen molar-refractivity contribution in [2.75, 3.05) is 19.0 Å². The molecule has 2 heterocycles. The molecule has 0 amide bonds. The molecule has 6 nitrogen and oxygen atoms in total. The Morgan fingerprint density at radius 2 is 1.89 bits per heavy atom. The summed E-state index contributed by atoms with van der Waals surface area (Å²) in [6, 6.07) is 14.0. The highest BCUT2D eigenvalue weighted by Crippen LogP contribution is 2.33. The van der Waals surface area contributed by atoms with Gasteiger partial charge in [0.15, 0.2) is 5.82 Å². The van der Waals surface area contributed by atoms with Crippen LogP contribution in [0.5, 0.6) is 5.75 Å². The fraction of sp³-hybridized carbons (Fsp3) is 0.238. The Labute approximate surface area is 162 Å². The molecule has 2 N–H and O–H groups in total. The molecule has 4 rings (SSSR count). The van der Waals surface area contributed by atoms with Crippen molar-refractivity contribution in [1.29, 1.82) is 0 Å². The average Bonchev–Trinajstić information content (AvgIpc) is 3.15. The molecule has 0 bridgehead atoms. The molecule has 144 valence electrons. The van der Waals surface area contributed by atoms with Crippen molar-refractivity contribution in [2.24, 2.45) is 0 Å². The number of nitrogens with zero attached hydrogens (tertiary/aromatic N) is 3. The number of ether oxygens (including phenoxy) is 1. The smallest absolute Gasteiger partial charge is 0.226 e. The van der Waals surface area contributed by atoms with Crippen molar-refractivity contribution in [2.45, 2.75) is 18.9 Å². The van der Waals surface area contributed by atoms with Crippen molar-refractivity contribution in [3.63, 3.8) is 0 Å². The number of hydrogen-bond donors (Lipinski definition) is 2. The zero-order chi connectivity index (χ0) is 19.5. The summed E-state index contributed by atoms with van der Waals surface area (Å²) >= 11 is 0. The van der Waals surface area contributed by atoms with Crippen molar-refractivity contribution in [1.82, 2.24) is 14.8 Å². The minimum absolute atomic E-state index is 0.0955. The van der Waals surface area contributed by atoms with Gasteiger partial charge in [-0.1, -0.05) is 12.1 Å². The lowest BCUT2D eigenvalue weighted by Crippen LogP contribution is -2.20. The number of aromatic nitrogens is 3. The Morgan fingerprint density at radius 1 is 1.14 bits per heavy atom. The molecule has 28 heavy (non-hydrogen) atoms. The number of methoxy groups -OCH3 is 1. The number of anilines is 1. The van der Waals surface area contributed by atoms with Crippen LogP contribution in [0.4, 0.5) is 10.3 Å². The Kier molecular flexibility index (Phi) is 5.08. The van der Waals surface area contributed by atoms with E-state index in [9.17, 15) is 4.39 Å². The van der Waals surface area contributed by atoms with Crippen molar-refractivity contribution in [3.05, 3.63) is 77.4 Å². The molecule has 2 aromatic carbocycles. The summed E-state index contributed by atoms with van der Waals surface area (Å²) in [4.78, 5) is 4.58. The molecule has 3 aromatic rings. The van der Waals surface area contributed by atoms with E-state index in [0.29, 0.717) is 24.6 Å². The summed E-state index contributed by atoms with van der Waals surface area (Å²) in [6.07, 6.45) is 3.25. The molecule has 1 aliphatic rings. The average molecular weight is 380 g/mol. The van der Waals surface area contributed by atoms with Crippen LogP contribution in [0.2, 0.25) is 0 Å². The molecule has 1 aliphatic heterocycles. The van der Waals surface area contributed by atoms with Crippen LogP contribution in [0.3, 0.4) is 0 Å². The minimum Gasteiger partial charge on any atom is -0.497 e. The molecule has 0 spiro atoms. The molecule has 0 saturated carbocycles. The first-order valence-corrected chi connectivity index (χ1v) is 9.13. The van der Waals surface area contributed by atoms with Gasteiger partial charge in [-0.2, -0.15) is 10.1 Å². The maximum Gasteiger partial charge on any atom is 0.226 e. The zero-order valence-electron chi connectivity index (χ0n) is 15.5. The van der Waals surface area contributed by atoms with Gasteiger partial charge in [-0.25, -0.2) is 9.07 Å². The zero-order valence-corrected chi connectivity index (χ0v) is 15.5. The maximum absolute atomic E-state index is 13.3. The van der Waals surface area contributed by atoms with E-state index in [1.807, 2.05) is 35.0 Å². The molecular weight excluding hydrogens is 359 g/mol. The van der Waals surface area contributed by atoms with Gasteiger partial charge >= 0.3 is 0 Å². The third-order valence-corrected chi connectivity index (χ3v) is 4.68. The van der Waals surface area contributed by atoms with Crippen molar-refractivity contribution < 1.29 is 14.2 Å². The monoisotopic (exact) mass is 380 g/mol. The number of aryl methyl sites for hydroxylation is 1. The first-order valence-electron chi connectivity index (χ1n) is 9.13. The van der Waals surface area contributed by atoms with E-state index in [1.54, 1.807) is 19.2 Å². The van der Waals surface area contributed by atoms with Crippen LogP contribution in [0, 0.1) is 5.82 Å². The third-order valence-electron chi connectivity index (χ3n) is 4.68. The van der Waals surface area contributed by atoms with Crippen LogP contribution in [0.25, 0.3) is 5.70 Å². The second kappa shape index (κ2) is 7.82. The quantitative estimate of drug-likeness (QED) is 0.686. The molecule has 1 atom stereocenters. The third kappa shape index (κ3) is 3.61. The number of nitrogens with one attached hydrogen (secondary N) is 1. The summed E-state index contributed by atoms with van der Waals surface area (Å²) in [6.45, 7) is 0.0955. The van der Waals surface area contributed by atoms with Gasteiger partial charge in [-0.15, -0.1) is 0 Å². The number of aliphatic hydroxyl groups is 1. The van der Waals surface area contributed by atoms with E-state index in [2.05, 4.69) is 15.4 Å². The fourth-order valence-corrected chi connectivity index (χ4v) is 3.22. The lowest BCUT2D eigenvalue weighted by Gasteiger charge is -2.24. The second-order valence-corrected chi connectivity index (χ2v) is 6.55. The van der Waals surface area contributed by atoms with Crippen molar-refractivity contribution >= 4 is 11.6 Å². The number of halogens is 1. The SMILES string of the molecule is COc1ccc(C2C=C(c3ccc(F)cc3)Nc3nc(CCCO)nn32)cc1. The Balaban J connectivity index is 1.75. The lowest BCUT2D eigenvalue weighted by atomic mass is 10.0. The number of rotatable bonds is 6. The molecule has 0 aliphatic carbocycles. The Morgan fingerprint density at radius 3 is 2.57 bits per heavy atom. The molecule has 0 fully saturated rings. The number of allylic oxidation sites excluding steroid dienone is 1. The van der Waals surface area contributed by atoms with E-state index in [4.69, 9.17) is 9.84 Å². The normalized spacial score (nSPS) is 15.5. The molecule has 0 saturated heterocycles. The van der Waals surface area contributed by atoms with Crippen LogP contribution in [-0.2, 0) is 6.42 Å². The van der Waals surface area contributed by atoms with Gasteiger partial charge in [0.25, 0.3) is 0 Å². The molecule has 0 radical (unpaired) electrons. The summed E-state index contributed by atoms with van der Waals surface area (Å²) in [5, 5.41) is 17.0. The Hall–Kier alpha value is -3.19.